The van der Waals surface area contributed by atoms with Gasteiger partial charge in [-0.3, -0.25) is 4.79 Å². The summed E-state index contributed by atoms with van der Waals surface area (Å²) in [6.07, 6.45) is 6.03. The average Bonchev–Trinajstić information content (AvgIpc) is 3.04. The fourth-order valence-electron chi connectivity index (χ4n) is 2.96. The van der Waals surface area contributed by atoms with Crippen LogP contribution in [-0.2, 0) is 14.3 Å². The van der Waals surface area contributed by atoms with Crippen molar-refractivity contribution in [3.63, 3.8) is 0 Å². The Morgan fingerprint density at radius 1 is 1.12 bits per heavy atom. The van der Waals surface area contributed by atoms with Crippen molar-refractivity contribution >= 4 is 35.8 Å². The molecule has 1 saturated carbocycles. The molecule has 1 aliphatic carbocycles. The zero-order valence-electron chi connectivity index (χ0n) is 16.1. The van der Waals surface area contributed by atoms with E-state index in [-0.39, 0.29) is 41.8 Å². The standard InChI is InChI=1S/C17H34N4O3.HI/c1-21(2)15(22)13-19-16(18-10-12-24-4)20-14-17(9-11-23-3)7-5-6-8-17;/h5-14H2,1-4H3,(H2,18,19,20);1H. The number of carbonyl (C=O) groups excluding carboxylic acids is 1. The maximum Gasteiger partial charge on any atom is 0.243 e. The van der Waals surface area contributed by atoms with Crippen LogP contribution in [0.3, 0.4) is 0 Å². The molecule has 0 aromatic rings. The fraction of sp³-hybridized carbons (Fsp3) is 0.882. The summed E-state index contributed by atoms with van der Waals surface area (Å²) >= 11 is 0. The molecule has 0 spiro atoms. The van der Waals surface area contributed by atoms with Gasteiger partial charge in [0.15, 0.2) is 5.96 Å². The minimum atomic E-state index is -0.0159. The van der Waals surface area contributed by atoms with E-state index in [4.69, 9.17) is 9.47 Å². The van der Waals surface area contributed by atoms with E-state index in [0.717, 1.165) is 19.6 Å². The van der Waals surface area contributed by atoms with E-state index in [1.54, 1.807) is 33.2 Å². The van der Waals surface area contributed by atoms with Gasteiger partial charge in [0.2, 0.25) is 5.91 Å². The summed E-state index contributed by atoms with van der Waals surface area (Å²) in [5.74, 6) is 0.656. The van der Waals surface area contributed by atoms with E-state index in [1.165, 1.54) is 25.7 Å². The van der Waals surface area contributed by atoms with Gasteiger partial charge < -0.3 is 25.0 Å². The first kappa shape index (κ1) is 24.4. The third-order valence-electron chi connectivity index (χ3n) is 4.60. The van der Waals surface area contributed by atoms with Crippen molar-refractivity contribution in [1.82, 2.24) is 15.5 Å². The van der Waals surface area contributed by atoms with Crippen molar-refractivity contribution in [3.8, 4) is 0 Å². The van der Waals surface area contributed by atoms with Gasteiger partial charge in [-0.05, 0) is 24.7 Å². The van der Waals surface area contributed by atoms with Crippen LogP contribution < -0.4 is 10.6 Å². The molecule has 0 radical (unpaired) electrons. The van der Waals surface area contributed by atoms with Crippen LogP contribution in [0.15, 0.2) is 4.99 Å². The molecule has 0 aliphatic heterocycles. The quantitative estimate of drug-likeness (QED) is 0.219. The lowest BCUT2D eigenvalue weighted by Crippen LogP contribution is -2.44. The topological polar surface area (TPSA) is 75.2 Å². The fourth-order valence-corrected chi connectivity index (χ4v) is 2.96. The van der Waals surface area contributed by atoms with Crippen molar-refractivity contribution < 1.29 is 14.3 Å². The molecule has 0 bridgehead atoms. The van der Waals surface area contributed by atoms with Crippen LogP contribution in [0, 0.1) is 5.41 Å². The van der Waals surface area contributed by atoms with Crippen molar-refractivity contribution in [2.24, 2.45) is 10.4 Å². The number of halogens is 1. The molecule has 1 fully saturated rings. The molecule has 8 heteroatoms. The van der Waals surface area contributed by atoms with E-state index in [9.17, 15) is 4.79 Å². The molecule has 0 saturated heterocycles. The molecule has 148 valence electrons. The second-order valence-corrected chi connectivity index (χ2v) is 6.68. The lowest BCUT2D eigenvalue weighted by atomic mass is 9.83. The van der Waals surface area contributed by atoms with Crippen LogP contribution in [0.2, 0.25) is 0 Å². The molecular formula is C17H35IN4O3. The molecule has 0 aromatic heterocycles. The normalized spacial score (nSPS) is 16.2. The van der Waals surface area contributed by atoms with Gasteiger partial charge >= 0.3 is 0 Å². The summed E-state index contributed by atoms with van der Waals surface area (Å²) in [6, 6.07) is 0. The monoisotopic (exact) mass is 470 g/mol. The Bertz CT molecular complexity index is 399. The highest BCUT2D eigenvalue weighted by Gasteiger charge is 2.33. The summed E-state index contributed by atoms with van der Waals surface area (Å²) in [4.78, 5) is 17.7. The number of likely N-dealkylation sites (N-methyl/N-ethyl adjacent to an activating group) is 1. The van der Waals surface area contributed by atoms with Crippen LogP contribution in [0.1, 0.15) is 32.1 Å². The summed E-state index contributed by atoms with van der Waals surface area (Å²) in [5.41, 5.74) is 0.269. The second-order valence-electron chi connectivity index (χ2n) is 6.68. The number of carbonyl (C=O) groups is 1. The highest BCUT2D eigenvalue weighted by Crippen LogP contribution is 2.40. The van der Waals surface area contributed by atoms with Crippen LogP contribution in [0.4, 0.5) is 0 Å². The smallest absolute Gasteiger partial charge is 0.243 e. The molecule has 0 atom stereocenters. The number of hydrogen-bond acceptors (Lipinski definition) is 4. The van der Waals surface area contributed by atoms with Gasteiger partial charge in [-0.2, -0.15) is 0 Å². The average molecular weight is 470 g/mol. The highest BCUT2D eigenvalue weighted by atomic mass is 127. The van der Waals surface area contributed by atoms with Crippen LogP contribution in [0.5, 0.6) is 0 Å². The predicted molar refractivity (Wildman–Crippen MR) is 112 cm³/mol. The van der Waals surface area contributed by atoms with Gasteiger partial charge in [-0.25, -0.2) is 4.99 Å². The van der Waals surface area contributed by atoms with Crippen LogP contribution in [-0.4, -0.2) is 77.9 Å². The molecule has 7 nitrogen and oxygen atoms in total. The Hall–Kier alpha value is -0.610. The first-order valence-corrected chi connectivity index (χ1v) is 8.73. The summed E-state index contributed by atoms with van der Waals surface area (Å²) in [5, 5.41) is 6.65. The molecule has 1 amide bonds. The van der Waals surface area contributed by atoms with Crippen molar-refractivity contribution in [2.75, 3.05) is 61.2 Å². The second kappa shape index (κ2) is 13.6. The molecule has 25 heavy (non-hydrogen) atoms. The van der Waals surface area contributed by atoms with E-state index < -0.39 is 0 Å². The Morgan fingerprint density at radius 3 is 2.32 bits per heavy atom. The minimum Gasteiger partial charge on any atom is -0.385 e. The maximum absolute atomic E-state index is 11.8. The van der Waals surface area contributed by atoms with Gasteiger partial charge in [0.1, 0.15) is 6.54 Å². The maximum atomic E-state index is 11.8. The highest BCUT2D eigenvalue weighted by molar-refractivity contribution is 14.0. The van der Waals surface area contributed by atoms with Crippen LogP contribution in [0.25, 0.3) is 0 Å². The molecule has 2 N–H and O–H groups in total. The van der Waals surface area contributed by atoms with Gasteiger partial charge in [-0.1, -0.05) is 12.8 Å². The third-order valence-corrected chi connectivity index (χ3v) is 4.60. The number of methoxy groups -OCH3 is 2. The molecule has 0 aromatic carbocycles. The number of aliphatic imine (C=N–C) groups is 1. The minimum absolute atomic E-state index is 0. The van der Waals surface area contributed by atoms with E-state index in [2.05, 4.69) is 15.6 Å². The van der Waals surface area contributed by atoms with Gasteiger partial charge in [0.05, 0.1) is 6.61 Å². The Kier molecular flexibility index (Phi) is 13.2. The summed E-state index contributed by atoms with van der Waals surface area (Å²) < 4.78 is 10.3. The lowest BCUT2D eigenvalue weighted by Gasteiger charge is -2.30. The number of amides is 1. The molecule has 0 heterocycles. The van der Waals surface area contributed by atoms with Gasteiger partial charge in [0, 0.05) is 48.0 Å². The largest absolute Gasteiger partial charge is 0.385 e. The van der Waals surface area contributed by atoms with Crippen LogP contribution >= 0.6 is 24.0 Å². The number of nitrogens with zero attached hydrogens (tertiary/aromatic N) is 2. The molecule has 0 unspecified atom stereocenters. The SMILES string of the molecule is COCCNC(=NCC(=O)N(C)C)NCC1(CCOC)CCCC1.I. The van der Waals surface area contributed by atoms with E-state index in [1.807, 2.05) is 0 Å². The molecular weight excluding hydrogens is 435 g/mol. The number of guanidine groups is 1. The van der Waals surface area contributed by atoms with Crippen molar-refractivity contribution in [1.29, 1.82) is 0 Å². The third kappa shape index (κ3) is 9.60. The van der Waals surface area contributed by atoms with E-state index in [0.29, 0.717) is 19.1 Å². The molecule has 1 rings (SSSR count). The van der Waals surface area contributed by atoms with Gasteiger partial charge in [-0.15, -0.1) is 24.0 Å². The number of hydrogen-bond donors (Lipinski definition) is 2. The Labute approximate surface area is 169 Å². The Balaban J connectivity index is 0.00000576. The van der Waals surface area contributed by atoms with Gasteiger partial charge in [0.25, 0.3) is 0 Å². The zero-order chi connectivity index (χ0) is 17.8. The number of ether oxygens (including phenoxy) is 2. The zero-order valence-corrected chi connectivity index (χ0v) is 18.4. The first-order valence-electron chi connectivity index (χ1n) is 8.73. The summed E-state index contributed by atoms with van der Waals surface area (Å²) in [7, 11) is 6.89. The lowest BCUT2D eigenvalue weighted by molar-refractivity contribution is -0.127. The van der Waals surface area contributed by atoms with E-state index >= 15 is 0 Å². The number of nitrogens with one attached hydrogen (secondary N) is 2. The summed E-state index contributed by atoms with van der Waals surface area (Å²) in [6.45, 7) is 3.02. The van der Waals surface area contributed by atoms with Crippen molar-refractivity contribution in [3.05, 3.63) is 0 Å². The molecule has 1 aliphatic rings. The predicted octanol–water partition coefficient (Wildman–Crippen LogP) is 1.47. The Morgan fingerprint density at radius 2 is 1.76 bits per heavy atom. The first-order chi connectivity index (χ1) is 11.5. The van der Waals surface area contributed by atoms with Crippen molar-refractivity contribution in [2.45, 2.75) is 32.1 Å². The number of rotatable bonds is 10.